The summed E-state index contributed by atoms with van der Waals surface area (Å²) in [5.41, 5.74) is 13.1. The van der Waals surface area contributed by atoms with Crippen molar-refractivity contribution in [3.05, 3.63) is 249 Å². The molecular weight excluding hydrogens is 759 g/mol. The van der Waals surface area contributed by atoms with Crippen molar-refractivity contribution in [2.45, 2.75) is 0 Å². The second-order valence-electron chi connectivity index (χ2n) is 16.4. The van der Waals surface area contributed by atoms with Crippen LogP contribution in [-0.2, 0) is 0 Å². The van der Waals surface area contributed by atoms with Gasteiger partial charge in [-0.25, -0.2) is 0 Å². The second-order valence-corrected chi connectivity index (χ2v) is 16.4. The minimum Gasteiger partial charge on any atom is -0.310 e. The van der Waals surface area contributed by atoms with E-state index in [2.05, 4.69) is 254 Å². The minimum absolute atomic E-state index is 1.10. The smallest absolute Gasteiger partial charge is 0.0546 e. The molecule has 0 radical (unpaired) electrons. The number of fused-ring (bicyclic) bond motifs is 7. The molecule has 63 heavy (non-hydrogen) atoms. The van der Waals surface area contributed by atoms with Crippen LogP contribution in [0.25, 0.3) is 98.4 Å². The summed E-state index contributed by atoms with van der Waals surface area (Å²) in [6.07, 6.45) is 0. The predicted octanol–water partition coefficient (Wildman–Crippen LogP) is 17.6. The molecular formula is C62H41N. The molecule has 0 atom stereocenters. The molecule has 0 spiro atoms. The van der Waals surface area contributed by atoms with Gasteiger partial charge in [0.05, 0.1) is 5.69 Å². The summed E-state index contributed by atoms with van der Waals surface area (Å²) in [4.78, 5) is 2.46. The Morgan fingerprint density at radius 1 is 0.206 bits per heavy atom. The van der Waals surface area contributed by atoms with Crippen LogP contribution in [0.5, 0.6) is 0 Å². The highest BCUT2D eigenvalue weighted by molar-refractivity contribution is 6.22. The molecule has 1 nitrogen and oxygen atoms in total. The van der Waals surface area contributed by atoms with Gasteiger partial charge in [-0.15, -0.1) is 0 Å². The molecule has 0 saturated carbocycles. The molecule has 0 aromatic heterocycles. The van der Waals surface area contributed by atoms with E-state index >= 15 is 0 Å². The van der Waals surface area contributed by atoms with Crippen LogP contribution < -0.4 is 4.90 Å². The first kappa shape index (κ1) is 36.6. The zero-order chi connectivity index (χ0) is 41.7. The van der Waals surface area contributed by atoms with E-state index < -0.39 is 0 Å². The molecule has 0 amide bonds. The summed E-state index contributed by atoms with van der Waals surface area (Å²) in [5.74, 6) is 0. The lowest BCUT2D eigenvalue weighted by molar-refractivity contribution is 1.31. The highest BCUT2D eigenvalue weighted by Gasteiger charge is 2.21. The molecule has 0 bridgehead atoms. The average molecular weight is 800 g/mol. The van der Waals surface area contributed by atoms with Crippen LogP contribution in [0.1, 0.15) is 0 Å². The van der Waals surface area contributed by atoms with Crippen LogP contribution in [0.3, 0.4) is 0 Å². The lowest BCUT2D eigenvalue weighted by Crippen LogP contribution is -2.11. The van der Waals surface area contributed by atoms with E-state index in [1.165, 1.54) is 92.8 Å². The van der Waals surface area contributed by atoms with Crippen molar-refractivity contribution >= 4 is 70.9 Å². The van der Waals surface area contributed by atoms with E-state index in [0.717, 1.165) is 22.6 Å². The quantitative estimate of drug-likeness (QED) is 0.145. The van der Waals surface area contributed by atoms with E-state index in [4.69, 9.17) is 0 Å². The Morgan fingerprint density at radius 2 is 0.683 bits per heavy atom. The maximum atomic E-state index is 2.46. The zero-order valence-electron chi connectivity index (χ0n) is 34.6. The standard InChI is InChI=1S/C62H41N/c1-4-17-42(18-5-1)46-31-32-48-39-52(35-33-47(48)37-46)63(60-41-50-23-10-11-26-53(50)54-27-12-14-29-57(54)60)51-25-16-24-45(38-51)49-34-36-56-55-28-13-15-30-58(55)61(43-19-6-2-7-20-43)62(59(56)40-49)44-21-8-3-9-22-44/h1-41H. The molecule has 0 aliphatic carbocycles. The highest BCUT2D eigenvalue weighted by Crippen LogP contribution is 2.47. The Hall–Kier alpha value is -8.26. The van der Waals surface area contributed by atoms with Gasteiger partial charge in [-0.2, -0.15) is 0 Å². The lowest BCUT2D eigenvalue weighted by Gasteiger charge is -2.28. The monoisotopic (exact) mass is 799 g/mol. The zero-order valence-corrected chi connectivity index (χ0v) is 34.6. The molecule has 0 fully saturated rings. The Bertz CT molecular complexity index is 3670. The molecule has 0 aliphatic heterocycles. The van der Waals surface area contributed by atoms with Crippen molar-refractivity contribution in [2.24, 2.45) is 0 Å². The van der Waals surface area contributed by atoms with Gasteiger partial charge in [-0.05, 0) is 135 Å². The van der Waals surface area contributed by atoms with Gasteiger partial charge in [-0.3, -0.25) is 0 Å². The molecule has 1 heteroatoms. The van der Waals surface area contributed by atoms with E-state index in [-0.39, 0.29) is 0 Å². The Labute approximate surface area is 367 Å². The third-order valence-corrected chi connectivity index (χ3v) is 12.8. The summed E-state index contributed by atoms with van der Waals surface area (Å²) in [5, 5.41) is 12.3. The first-order chi connectivity index (χ1) is 31.2. The number of anilines is 3. The summed E-state index contributed by atoms with van der Waals surface area (Å²) in [6.45, 7) is 0. The fraction of sp³-hybridized carbons (Fsp3) is 0. The summed E-state index contributed by atoms with van der Waals surface area (Å²) in [7, 11) is 0. The predicted molar refractivity (Wildman–Crippen MR) is 270 cm³/mol. The van der Waals surface area contributed by atoms with Crippen LogP contribution in [0.2, 0.25) is 0 Å². The highest BCUT2D eigenvalue weighted by atomic mass is 15.1. The van der Waals surface area contributed by atoms with Gasteiger partial charge < -0.3 is 4.90 Å². The van der Waals surface area contributed by atoms with Crippen molar-refractivity contribution in [1.29, 1.82) is 0 Å². The molecule has 0 saturated heterocycles. The molecule has 0 N–H and O–H groups in total. The molecule has 0 heterocycles. The number of rotatable bonds is 7. The van der Waals surface area contributed by atoms with Gasteiger partial charge in [0.1, 0.15) is 0 Å². The number of hydrogen-bond donors (Lipinski definition) is 0. The molecule has 294 valence electrons. The second kappa shape index (κ2) is 15.3. The molecule has 0 unspecified atom stereocenters. The maximum absolute atomic E-state index is 2.46. The summed E-state index contributed by atoms with van der Waals surface area (Å²) < 4.78 is 0. The molecule has 12 aromatic rings. The van der Waals surface area contributed by atoms with Crippen molar-refractivity contribution in [1.82, 2.24) is 0 Å². The van der Waals surface area contributed by atoms with Gasteiger partial charge in [0.15, 0.2) is 0 Å². The minimum atomic E-state index is 1.10. The lowest BCUT2D eigenvalue weighted by atomic mass is 9.84. The van der Waals surface area contributed by atoms with Crippen LogP contribution in [0.4, 0.5) is 17.1 Å². The normalized spacial score (nSPS) is 11.5. The SMILES string of the molecule is c1ccc(-c2ccc3cc(N(c4cccc(-c5ccc6c(c5)c(-c5ccccc5)c(-c5ccccc5)c5ccccc56)c4)c4cc5ccccc5c5ccccc45)ccc3c2)cc1. The Balaban J connectivity index is 1.08. The summed E-state index contributed by atoms with van der Waals surface area (Å²) in [6, 6.07) is 91.2. The number of benzene rings is 12. The van der Waals surface area contributed by atoms with E-state index in [1.54, 1.807) is 0 Å². The number of hydrogen-bond acceptors (Lipinski definition) is 1. The molecule has 12 aromatic carbocycles. The number of nitrogens with zero attached hydrogens (tertiary/aromatic N) is 1. The fourth-order valence-corrected chi connectivity index (χ4v) is 9.83. The summed E-state index contributed by atoms with van der Waals surface area (Å²) >= 11 is 0. The first-order valence-corrected chi connectivity index (χ1v) is 21.7. The van der Waals surface area contributed by atoms with Crippen molar-refractivity contribution in [2.75, 3.05) is 4.90 Å². The van der Waals surface area contributed by atoms with Crippen LogP contribution in [0, 0.1) is 0 Å². The van der Waals surface area contributed by atoms with E-state index in [9.17, 15) is 0 Å². The Morgan fingerprint density at radius 3 is 1.41 bits per heavy atom. The topological polar surface area (TPSA) is 3.24 Å². The van der Waals surface area contributed by atoms with Gasteiger partial charge >= 0.3 is 0 Å². The van der Waals surface area contributed by atoms with E-state index in [0.29, 0.717) is 0 Å². The molecule has 12 rings (SSSR count). The third-order valence-electron chi connectivity index (χ3n) is 12.8. The third kappa shape index (κ3) is 6.42. The van der Waals surface area contributed by atoms with Gasteiger partial charge in [0.25, 0.3) is 0 Å². The van der Waals surface area contributed by atoms with Crippen molar-refractivity contribution in [3.8, 4) is 44.5 Å². The first-order valence-electron chi connectivity index (χ1n) is 21.7. The van der Waals surface area contributed by atoms with Crippen LogP contribution in [-0.4, -0.2) is 0 Å². The fourth-order valence-electron chi connectivity index (χ4n) is 9.83. The van der Waals surface area contributed by atoms with Crippen LogP contribution >= 0.6 is 0 Å². The maximum Gasteiger partial charge on any atom is 0.0546 e. The van der Waals surface area contributed by atoms with Gasteiger partial charge in [-0.1, -0.05) is 206 Å². The molecule has 0 aliphatic rings. The largest absolute Gasteiger partial charge is 0.310 e. The van der Waals surface area contributed by atoms with E-state index in [1.807, 2.05) is 0 Å². The van der Waals surface area contributed by atoms with Crippen molar-refractivity contribution < 1.29 is 0 Å². The van der Waals surface area contributed by atoms with Crippen molar-refractivity contribution in [3.63, 3.8) is 0 Å². The average Bonchev–Trinajstić information content (AvgIpc) is 3.36. The Kier molecular flexibility index (Phi) is 8.90. The van der Waals surface area contributed by atoms with Gasteiger partial charge in [0.2, 0.25) is 0 Å². The van der Waals surface area contributed by atoms with Crippen LogP contribution in [0.15, 0.2) is 249 Å². The van der Waals surface area contributed by atoms with Gasteiger partial charge in [0, 0.05) is 16.8 Å².